The van der Waals surface area contributed by atoms with E-state index in [0.717, 1.165) is 47.4 Å². The van der Waals surface area contributed by atoms with E-state index >= 15 is 0 Å². The normalized spacial score (nSPS) is 16.5. The summed E-state index contributed by atoms with van der Waals surface area (Å²) in [6, 6.07) is 11.9. The van der Waals surface area contributed by atoms with Crippen LogP contribution in [0.5, 0.6) is 5.75 Å². The molecule has 29 heavy (non-hydrogen) atoms. The van der Waals surface area contributed by atoms with Gasteiger partial charge in [0.25, 0.3) is 0 Å². The second-order valence-corrected chi connectivity index (χ2v) is 7.45. The molecule has 7 nitrogen and oxygen atoms in total. The van der Waals surface area contributed by atoms with Crippen LogP contribution < -0.4 is 10.5 Å². The first-order chi connectivity index (χ1) is 14.2. The second-order valence-electron chi connectivity index (χ2n) is 7.45. The third-order valence-corrected chi connectivity index (χ3v) is 5.59. The highest BCUT2D eigenvalue weighted by Gasteiger charge is 2.30. The van der Waals surface area contributed by atoms with Gasteiger partial charge in [-0.3, -0.25) is 4.79 Å². The highest BCUT2D eigenvalue weighted by molar-refractivity contribution is 5.80. The van der Waals surface area contributed by atoms with Crippen molar-refractivity contribution in [3.05, 3.63) is 53.9 Å². The predicted molar refractivity (Wildman–Crippen MR) is 112 cm³/mol. The molecule has 0 radical (unpaired) electrons. The Morgan fingerprint density at radius 3 is 2.86 bits per heavy atom. The van der Waals surface area contributed by atoms with Crippen molar-refractivity contribution in [3.63, 3.8) is 0 Å². The zero-order valence-electron chi connectivity index (χ0n) is 16.8. The van der Waals surface area contributed by atoms with Gasteiger partial charge in [-0.15, -0.1) is 0 Å². The van der Waals surface area contributed by atoms with E-state index in [4.69, 9.17) is 15.6 Å². The number of benzene rings is 1. The molecule has 4 rings (SSSR count). The molecule has 0 bridgehead atoms. The number of carbonyl (C=O) groups excluding carboxylic acids is 1. The molecule has 1 amide bonds. The summed E-state index contributed by atoms with van der Waals surface area (Å²) in [6.07, 6.45) is 3.97. The number of nitrogens with two attached hydrogens (primary N) is 1. The number of aryl methyl sites for hydroxylation is 1. The topological polar surface area (TPSA) is 86.3 Å². The maximum absolute atomic E-state index is 12.7. The van der Waals surface area contributed by atoms with Gasteiger partial charge in [-0.25, -0.2) is 9.67 Å². The van der Waals surface area contributed by atoms with Crippen molar-refractivity contribution < 1.29 is 9.53 Å². The summed E-state index contributed by atoms with van der Waals surface area (Å²) < 4.78 is 7.07. The van der Waals surface area contributed by atoms with Gasteiger partial charge in [0.2, 0.25) is 5.91 Å². The molecule has 1 aliphatic heterocycles. The minimum absolute atomic E-state index is 0.201. The Hall–Kier alpha value is -2.93. The number of aromatic nitrogens is 3. The average molecular weight is 393 g/mol. The van der Waals surface area contributed by atoms with Crippen molar-refractivity contribution in [2.24, 2.45) is 5.73 Å². The van der Waals surface area contributed by atoms with E-state index in [1.165, 1.54) is 0 Å². The number of carbonyl (C=O) groups is 1. The Balaban J connectivity index is 1.41. The van der Waals surface area contributed by atoms with E-state index in [9.17, 15) is 4.79 Å². The largest absolute Gasteiger partial charge is 0.497 e. The van der Waals surface area contributed by atoms with Gasteiger partial charge in [-0.05, 0) is 42.7 Å². The molecule has 1 fully saturated rings. The minimum Gasteiger partial charge on any atom is -0.497 e. The van der Waals surface area contributed by atoms with Gasteiger partial charge < -0.3 is 15.4 Å². The zero-order valence-corrected chi connectivity index (χ0v) is 16.8. The number of amides is 1. The number of methoxy groups -OCH3 is 1. The Morgan fingerprint density at radius 1 is 1.28 bits per heavy atom. The number of rotatable bonds is 7. The van der Waals surface area contributed by atoms with Gasteiger partial charge in [0.1, 0.15) is 5.75 Å². The lowest BCUT2D eigenvalue weighted by Gasteiger charge is -2.16. The third kappa shape index (κ3) is 4.10. The Kier molecular flexibility index (Phi) is 5.76. The van der Waals surface area contributed by atoms with Gasteiger partial charge in [0.05, 0.1) is 19.3 Å². The second kappa shape index (κ2) is 8.61. The molecular weight excluding hydrogens is 366 g/mol. The average Bonchev–Trinajstić information content (AvgIpc) is 3.38. The maximum Gasteiger partial charge on any atom is 0.222 e. The molecule has 3 aromatic rings. The fourth-order valence-electron chi connectivity index (χ4n) is 4.03. The first-order valence-corrected chi connectivity index (χ1v) is 10.1. The molecule has 0 unspecified atom stereocenters. The lowest BCUT2D eigenvalue weighted by Crippen LogP contribution is -2.28. The molecule has 1 saturated heterocycles. The van der Waals surface area contributed by atoms with E-state index < -0.39 is 0 Å². The van der Waals surface area contributed by atoms with Crippen molar-refractivity contribution in [1.29, 1.82) is 0 Å². The summed E-state index contributed by atoms with van der Waals surface area (Å²) in [7, 11) is 1.65. The van der Waals surface area contributed by atoms with Crippen LogP contribution in [0.25, 0.3) is 11.0 Å². The highest BCUT2D eigenvalue weighted by Crippen LogP contribution is 2.31. The van der Waals surface area contributed by atoms with Crippen LogP contribution in [0.1, 0.15) is 30.0 Å². The quantitative estimate of drug-likeness (QED) is 0.666. The van der Waals surface area contributed by atoms with E-state index in [0.29, 0.717) is 26.1 Å². The first-order valence-electron chi connectivity index (χ1n) is 10.1. The van der Waals surface area contributed by atoms with Gasteiger partial charge in [-0.1, -0.05) is 12.1 Å². The van der Waals surface area contributed by atoms with Gasteiger partial charge in [0, 0.05) is 43.6 Å². The molecule has 152 valence electrons. The van der Waals surface area contributed by atoms with E-state index in [-0.39, 0.29) is 11.8 Å². The van der Waals surface area contributed by atoms with Crippen LogP contribution in [0.3, 0.4) is 0 Å². The van der Waals surface area contributed by atoms with Gasteiger partial charge >= 0.3 is 0 Å². The van der Waals surface area contributed by atoms with Crippen LogP contribution in [0.4, 0.5) is 0 Å². The van der Waals surface area contributed by atoms with E-state index in [1.54, 1.807) is 13.3 Å². The fourth-order valence-corrected chi connectivity index (χ4v) is 4.03. The number of ether oxygens (including phenoxy) is 1. The number of hydrogen-bond donors (Lipinski definition) is 1. The number of pyridine rings is 1. The van der Waals surface area contributed by atoms with Gasteiger partial charge in [-0.2, -0.15) is 5.10 Å². The van der Waals surface area contributed by atoms with Crippen LogP contribution in [0.2, 0.25) is 0 Å². The molecule has 0 aliphatic carbocycles. The molecule has 1 aromatic carbocycles. The fraction of sp³-hybridized carbons (Fsp3) is 0.409. The molecule has 3 heterocycles. The van der Waals surface area contributed by atoms with Crippen LogP contribution in [-0.4, -0.2) is 52.3 Å². The van der Waals surface area contributed by atoms with Crippen molar-refractivity contribution in [1.82, 2.24) is 19.7 Å². The summed E-state index contributed by atoms with van der Waals surface area (Å²) in [5.41, 5.74) is 8.78. The molecule has 2 aromatic heterocycles. The highest BCUT2D eigenvalue weighted by atomic mass is 16.5. The molecule has 0 saturated carbocycles. The van der Waals surface area contributed by atoms with Crippen molar-refractivity contribution in [2.75, 3.05) is 26.7 Å². The summed E-state index contributed by atoms with van der Waals surface area (Å²) in [4.78, 5) is 19.2. The monoisotopic (exact) mass is 393 g/mol. The summed E-state index contributed by atoms with van der Waals surface area (Å²) >= 11 is 0. The summed E-state index contributed by atoms with van der Waals surface area (Å²) in [5.74, 6) is 1.27. The Morgan fingerprint density at radius 2 is 2.10 bits per heavy atom. The maximum atomic E-state index is 12.7. The SMILES string of the molecule is COc1ccc(CCC(=O)N2CC[C@@H](c3nn(CCN)c4ncccc34)C2)cc1. The number of likely N-dealkylation sites (tertiary alicyclic amines) is 1. The third-order valence-electron chi connectivity index (χ3n) is 5.59. The van der Waals surface area contributed by atoms with Crippen LogP contribution in [0, 0.1) is 0 Å². The predicted octanol–water partition coefficient (Wildman–Crippen LogP) is 2.35. The first kappa shape index (κ1) is 19.4. The Labute approximate surface area is 170 Å². The summed E-state index contributed by atoms with van der Waals surface area (Å²) in [6.45, 7) is 2.65. The zero-order chi connectivity index (χ0) is 20.2. The minimum atomic E-state index is 0.201. The number of fused-ring (bicyclic) bond motifs is 1. The van der Waals surface area contributed by atoms with Crippen molar-refractivity contribution in [3.8, 4) is 5.75 Å². The lowest BCUT2D eigenvalue weighted by molar-refractivity contribution is -0.130. The number of nitrogens with zero attached hydrogens (tertiary/aromatic N) is 4. The Bertz CT molecular complexity index is 983. The molecular formula is C22H27N5O2. The molecule has 0 spiro atoms. The molecule has 2 N–H and O–H groups in total. The lowest BCUT2D eigenvalue weighted by atomic mass is 10.0. The van der Waals surface area contributed by atoms with Crippen LogP contribution in [0.15, 0.2) is 42.6 Å². The van der Waals surface area contributed by atoms with Crippen LogP contribution in [-0.2, 0) is 17.8 Å². The molecule has 1 atom stereocenters. The molecule has 7 heteroatoms. The van der Waals surface area contributed by atoms with Crippen LogP contribution >= 0.6 is 0 Å². The number of hydrogen-bond acceptors (Lipinski definition) is 5. The summed E-state index contributed by atoms with van der Waals surface area (Å²) in [5, 5.41) is 5.86. The van der Waals surface area contributed by atoms with Crippen molar-refractivity contribution in [2.45, 2.75) is 31.7 Å². The molecule has 1 aliphatic rings. The standard InChI is InChI=1S/C22H27N5O2/c1-29-18-7-4-16(5-8-18)6-9-20(28)26-13-10-17(15-26)21-19-3-2-12-24-22(19)27(25-21)14-11-23/h2-5,7-8,12,17H,6,9-11,13-15,23H2,1H3/t17-/m1/s1. The van der Waals surface area contributed by atoms with Gasteiger partial charge in [0.15, 0.2) is 5.65 Å². The smallest absolute Gasteiger partial charge is 0.222 e. The van der Waals surface area contributed by atoms with E-state index in [1.807, 2.05) is 39.9 Å². The van der Waals surface area contributed by atoms with Crippen molar-refractivity contribution >= 4 is 16.9 Å². The van der Waals surface area contributed by atoms with E-state index in [2.05, 4.69) is 11.1 Å².